The molecule has 0 aliphatic rings. The van der Waals surface area contributed by atoms with E-state index in [1.165, 1.54) is 4.88 Å². The molecular formula is C16H16ClN3O2S. The molecule has 2 aromatic heterocycles. The highest BCUT2D eigenvalue weighted by atomic mass is 35.5. The van der Waals surface area contributed by atoms with E-state index in [1.807, 2.05) is 43.4 Å². The van der Waals surface area contributed by atoms with E-state index >= 15 is 0 Å². The van der Waals surface area contributed by atoms with E-state index in [-0.39, 0.29) is 0 Å². The van der Waals surface area contributed by atoms with Crippen molar-refractivity contribution in [2.24, 2.45) is 0 Å². The first-order valence-electron chi connectivity index (χ1n) is 7.03. The van der Waals surface area contributed by atoms with E-state index in [4.69, 9.17) is 20.8 Å². The van der Waals surface area contributed by atoms with Gasteiger partial charge in [0.05, 0.1) is 18.0 Å². The molecule has 0 saturated carbocycles. The molecule has 0 aliphatic heterocycles. The molecule has 0 aliphatic carbocycles. The Balaban J connectivity index is 1.64. The first-order chi connectivity index (χ1) is 11.1. The van der Waals surface area contributed by atoms with Crippen LogP contribution >= 0.6 is 22.9 Å². The molecule has 2 heterocycles. The maximum atomic E-state index is 5.95. The smallest absolute Gasteiger partial charge is 0.247 e. The van der Waals surface area contributed by atoms with Crippen LogP contribution in [0.15, 0.2) is 40.8 Å². The fraction of sp³-hybridized carbons (Fsp3) is 0.250. The van der Waals surface area contributed by atoms with Crippen molar-refractivity contribution in [3.05, 3.63) is 51.5 Å². The summed E-state index contributed by atoms with van der Waals surface area (Å²) in [5.74, 6) is 1.89. The molecule has 0 amide bonds. The Morgan fingerprint density at radius 1 is 1.13 bits per heavy atom. The summed E-state index contributed by atoms with van der Waals surface area (Å²) in [5, 5.41) is 8.21. The van der Waals surface area contributed by atoms with E-state index in [0.717, 1.165) is 22.2 Å². The minimum atomic E-state index is 0.509. The van der Waals surface area contributed by atoms with E-state index in [1.54, 1.807) is 18.4 Å². The highest BCUT2D eigenvalue weighted by molar-refractivity contribution is 7.16. The summed E-state index contributed by atoms with van der Waals surface area (Å²) in [6.07, 6.45) is 0. The molecular weight excluding hydrogens is 334 g/mol. The monoisotopic (exact) mass is 349 g/mol. The van der Waals surface area contributed by atoms with Gasteiger partial charge in [0.1, 0.15) is 5.75 Å². The lowest BCUT2D eigenvalue weighted by Gasteiger charge is -2.12. The van der Waals surface area contributed by atoms with Crippen LogP contribution in [0.1, 0.15) is 10.8 Å². The second-order valence-electron chi connectivity index (χ2n) is 5.11. The maximum Gasteiger partial charge on any atom is 0.247 e. The van der Waals surface area contributed by atoms with Gasteiger partial charge in [-0.3, -0.25) is 4.90 Å². The number of methoxy groups -OCH3 is 1. The van der Waals surface area contributed by atoms with Gasteiger partial charge >= 0.3 is 0 Å². The number of hydrogen-bond donors (Lipinski definition) is 0. The summed E-state index contributed by atoms with van der Waals surface area (Å²) < 4.78 is 11.7. The predicted molar refractivity (Wildman–Crippen MR) is 90.8 cm³/mol. The van der Waals surface area contributed by atoms with Crippen molar-refractivity contribution in [2.45, 2.75) is 13.1 Å². The van der Waals surface area contributed by atoms with Crippen LogP contribution in [0, 0.1) is 0 Å². The zero-order valence-corrected chi connectivity index (χ0v) is 14.4. The van der Waals surface area contributed by atoms with Crippen molar-refractivity contribution in [3.63, 3.8) is 0 Å². The van der Waals surface area contributed by atoms with Crippen molar-refractivity contribution in [2.75, 3.05) is 14.2 Å². The van der Waals surface area contributed by atoms with Gasteiger partial charge < -0.3 is 9.15 Å². The van der Waals surface area contributed by atoms with Gasteiger partial charge in [0.15, 0.2) is 0 Å². The molecule has 0 spiro atoms. The Morgan fingerprint density at radius 3 is 2.57 bits per heavy atom. The zero-order chi connectivity index (χ0) is 16.2. The lowest BCUT2D eigenvalue weighted by molar-refractivity contribution is 0.285. The van der Waals surface area contributed by atoms with E-state index in [9.17, 15) is 0 Å². The first-order valence-corrected chi connectivity index (χ1v) is 8.23. The molecule has 5 nitrogen and oxygen atoms in total. The molecule has 7 heteroatoms. The standard InChI is InChI=1S/C16H16ClN3O2S/c1-20(9-13-7-8-14(17)23-13)10-15-18-19-16(22-15)11-3-5-12(21-2)6-4-11/h3-8H,9-10H2,1-2H3. The van der Waals surface area contributed by atoms with Crippen LogP contribution in [0.3, 0.4) is 0 Å². The number of thiophene rings is 1. The molecule has 3 aromatic rings. The lowest BCUT2D eigenvalue weighted by Crippen LogP contribution is -2.16. The molecule has 0 saturated heterocycles. The Hall–Kier alpha value is -1.89. The third-order valence-electron chi connectivity index (χ3n) is 3.26. The average Bonchev–Trinajstić information content (AvgIpc) is 3.16. The number of nitrogens with zero attached hydrogens (tertiary/aromatic N) is 3. The van der Waals surface area contributed by atoms with Crippen molar-refractivity contribution in [1.82, 2.24) is 15.1 Å². The Bertz CT molecular complexity index is 770. The largest absolute Gasteiger partial charge is 0.497 e. The highest BCUT2D eigenvalue weighted by Crippen LogP contribution is 2.24. The van der Waals surface area contributed by atoms with Gasteiger partial charge in [-0.1, -0.05) is 11.6 Å². The van der Waals surface area contributed by atoms with Crippen molar-refractivity contribution in [1.29, 1.82) is 0 Å². The maximum absolute atomic E-state index is 5.95. The summed E-state index contributed by atoms with van der Waals surface area (Å²) in [4.78, 5) is 3.31. The molecule has 23 heavy (non-hydrogen) atoms. The Kier molecular flexibility index (Phi) is 4.95. The molecule has 3 rings (SSSR count). The third kappa shape index (κ3) is 4.10. The van der Waals surface area contributed by atoms with Gasteiger partial charge in [0.2, 0.25) is 11.8 Å². The van der Waals surface area contributed by atoms with Crippen molar-refractivity contribution >= 4 is 22.9 Å². The van der Waals surface area contributed by atoms with Crippen LogP contribution in [-0.2, 0) is 13.1 Å². The van der Waals surface area contributed by atoms with Gasteiger partial charge in [0, 0.05) is 17.0 Å². The minimum absolute atomic E-state index is 0.509. The normalized spacial score (nSPS) is 11.1. The van der Waals surface area contributed by atoms with Crippen LogP contribution in [0.5, 0.6) is 5.75 Å². The number of halogens is 1. The third-order valence-corrected chi connectivity index (χ3v) is 4.48. The lowest BCUT2D eigenvalue weighted by atomic mass is 10.2. The topological polar surface area (TPSA) is 51.4 Å². The van der Waals surface area contributed by atoms with Gasteiger partial charge in [0.25, 0.3) is 0 Å². The quantitative estimate of drug-likeness (QED) is 0.670. The summed E-state index contributed by atoms with van der Waals surface area (Å²) in [6, 6.07) is 11.5. The van der Waals surface area contributed by atoms with Crippen LogP contribution in [-0.4, -0.2) is 29.3 Å². The molecule has 0 atom stereocenters. The number of aromatic nitrogens is 2. The number of hydrogen-bond acceptors (Lipinski definition) is 6. The number of benzene rings is 1. The summed E-state index contributed by atoms with van der Waals surface area (Å²) in [7, 11) is 3.64. The molecule has 0 unspecified atom stereocenters. The zero-order valence-electron chi connectivity index (χ0n) is 12.8. The average molecular weight is 350 g/mol. The molecule has 1 aromatic carbocycles. The Morgan fingerprint density at radius 2 is 1.91 bits per heavy atom. The van der Waals surface area contributed by atoms with Crippen LogP contribution < -0.4 is 4.74 Å². The van der Waals surface area contributed by atoms with Crippen molar-refractivity contribution in [3.8, 4) is 17.2 Å². The summed E-state index contributed by atoms with van der Waals surface area (Å²) >= 11 is 7.52. The first kappa shape index (κ1) is 16.0. The van der Waals surface area contributed by atoms with Crippen LogP contribution in [0.2, 0.25) is 4.34 Å². The van der Waals surface area contributed by atoms with E-state index in [2.05, 4.69) is 15.1 Å². The number of rotatable bonds is 6. The van der Waals surface area contributed by atoms with Gasteiger partial charge in [-0.15, -0.1) is 21.5 Å². The molecule has 0 fully saturated rings. The van der Waals surface area contributed by atoms with E-state index in [0.29, 0.717) is 18.3 Å². The van der Waals surface area contributed by atoms with Crippen molar-refractivity contribution < 1.29 is 9.15 Å². The molecule has 0 N–H and O–H groups in total. The van der Waals surface area contributed by atoms with Crippen LogP contribution in [0.4, 0.5) is 0 Å². The Labute approximate surface area is 143 Å². The van der Waals surface area contributed by atoms with E-state index < -0.39 is 0 Å². The molecule has 0 radical (unpaired) electrons. The fourth-order valence-electron chi connectivity index (χ4n) is 2.16. The molecule has 120 valence electrons. The van der Waals surface area contributed by atoms with Gasteiger partial charge in [-0.25, -0.2) is 0 Å². The molecule has 0 bridgehead atoms. The second-order valence-corrected chi connectivity index (χ2v) is 6.91. The predicted octanol–water partition coefficient (Wildman–Crippen LogP) is 4.09. The van der Waals surface area contributed by atoms with Gasteiger partial charge in [-0.05, 0) is 43.4 Å². The summed E-state index contributed by atoms with van der Waals surface area (Å²) in [6.45, 7) is 1.37. The number of ether oxygens (including phenoxy) is 1. The fourth-order valence-corrected chi connectivity index (χ4v) is 3.33. The highest BCUT2D eigenvalue weighted by Gasteiger charge is 2.11. The summed E-state index contributed by atoms with van der Waals surface area (Å²) in [5.41, 5.74) is 0.872. The van der Waals surface area contributed by atoms with Gasteiger partial charge in [-0.2, -0.15) is 0 Å². The minimum Gasteiger partial charge on any atom is -0.497 e. The van der Waals surface area contributed by atoms with Crippen LogP contribution in [0.25, 0.3) is 11.5 Å². The SMILES string of the molecule is COc1ccc(-c2nnc(CN(C)Cc3ccc(Cl)s3)o2)cc1. The second kappa shape index (κ2) is 7.12.